The first-order valence-electron chi connectivity index (χ1n) is 24.2. The average Bonchev–Trinajstić information content (AvgIpc) is 3.40. The second-order valence-corrected chi connectivity index (χ2v) is 19.1. The number of nitrogens with zero attached hydrogens (tertiary/aromatic N) is 6. The Labute approximate surface area is 456 Å². The van der Waals surface area contributed by atoms with Crippen LogP contribution < -0.4 is 22.5 Å². The number of aryl methyl sites for hydroxylation is 2. The minimum atomic E-state index is -1.15. The van der Waals surface area contributed by atoms with E-state index in [1.165, 1.54) is 18.3 Å². The zero-order valence-electron chi connectivity index (χ0n) is 43.1. The van der Waals surface area contributed by atoms with Crippen LogP contribution in [-0.2, 0) is 67.4 Å². The number of aliphatic hydroxyl groups excluding tert-OH is 1. The molecule has 4 aromatic carbocycles. The van der Waals surface area contributed by atoms with Crippen molar-refractivity contribution in [3.05, 3.63) is 195 Å². The number of fused-ring (bicyclic) bond motifs is 2. The van der Waals surface area contributed by atoms with E-state index >= 15 is 0 Å². The molecule has 1 atom stereocenters. The molecule has 15 nitrogen and oxygen atoms in total. The van der Waals surface area contributed by atoms with Crippen molar-refractivity contribution in [2.75, 3.05) is 6.61 Å². The summed E-state index contributed by atoms with van der Waals surface area (Å²) in [5.74, 6) is 0.447. The van der Waals surface area contributed by atoms with Crippen LogP contribution in [0, 0.1) is 0 Å². The molecule has 4 heterocycles. The van der Waals surface area contributed by atoms with Crippen LogP contribution in [0.3, 0.4) is 0 Å². The van der Waals surface area contributed by atoms with Crippen molar-refractivity contribution in [3.8, 4) is 22.5 Å². The van der Waals surface area contributed by atoms with Crippen molar-refractivity contribution in [3.63, 3.8) is 0 Å². The predicted molar refractivity (Wildman–Crippen MR) is 292 cm³/mol. The number of benzene rings is 4. The maximum Gasteiger partial charge on any atom is 0.331 e. The van der Waals surface area contributed by atoms with E-state index in [-0.39, 0.29) is 62.2 Å². The minimum Gasteiger partial charge on any atom is -0.483 e. The number of hydrogen-bond donors (Lipinski definition) is 2. The fourth-order valence-corrected chi connectivity index (χ4v) is 9.29. The van der Waals surface area contributed by atoms with Crippen LogP contribution in [-0.4, -0.2) is 58.0 Å². The van der Waals surface area contributed by atoms with E-state index in [1.807, 2.05) is 73.7 Å². The number of aromatic nitrogens is 6. The summed E-state index contributed by atoms with van der Waals surface area (Å²) < 4.78 is 10.1. The van der Waals surface area contributed by atoms with Gasteiger partial charge >= 0.3 is 11.4 Å². The molecule has 0 saturated heterocycles. The van der Waals surface area contributed by atoms with Crippen LogP contribution >= 0.6 is 23.2 Å². The summed E-state index contributed by atoms with van der Waals surface area (Å²) in [5, 5.41) is 20.5. The smallest absolute Gasteiger partial charge is 0.331 e. The van der Waals surface area contributed by atoms with E-state index in [2.05, 4.69) is 33.8 Å². The fraction of sp³-hybridized carbons (Fsp3) is 0.298. The van der Waals surface area contributed by atoms with Gasteiger partial charge in [0.15, 0.2) is 0 Å². The maximum atomic E-state index is 13.8. The molecule has 0 fully saturated rings. The van der Waals surface area contributed by atoms with Crippen molar-refractivity contribution in [2.24, 2.45) is 14.1 Å². The summed E-state index contributed by atoms with van der Waals surface area (Å²) >= 11 is 12.2. The predicted octanol–water partition coefficient (Wildman–Crippen LogP) is 9.81. The molecule has 18 heteroatoms. The maximum absolute atomic E-state index is 13.8. The normalized spacial score (nSPS) is 11.4. The van der Waals surface area contributed by atoms with Crippen LogP contribution in [0.15, 0.2) is 129 Å². The molecule has 0 aliphatic rings. The van der Waals surface area contributed by atoms with Gasteiger partial charge in [-0.15, -0.1) is 0 Å². The van der Waals surface area contributed by atoms with Gasteiger partial charge in [-0.2, -0.15) is 0 Å². The molecular formula is C57H60Cl2N6O9Zn. The van der Waals surface area contributed by atoms with Crippen molar-refractivity contribution in [1.29, 1.82) is 0 Å². The topological polar surface area (TPSA) is 198 Å². The average molecular weight is 1110 g/mol. The fourth-order valence-electron chi connectivity index (χ4n) is 9.04. The van der Waals surface area contributed by atoms with Gasteiger partial charge in [0.1, 0.15) is 6.10 Å². The molecule has 2 N–H and O–H groups in total. The molecule has 8 rings (SSSR count). The molecule has 388 valence electrons. The van der Waals surface area contributed by atoms with Gasteiger partial charge in [-0.1, -0.05) is 137 Å². The number of unbranched alkanes of at least 4 members (excludes halogenated alkanes) is 1. The van der Waals surface area contributed by atoms with Crippen LogP contribution in [0.25, 0.3) is 44.3 Å². The Kier molecular flexibility index (Phi) is 21.3. The first-order chi connectivity index (χ1) is 35.5. The summed E-state index contributed by atoms with van der Waals surface area (Å²) in [5.41, 5.74) is 7.17. The van der Waals surface area contributed by atoms with Gasteiger partial charge in [0.25, 0.3) is 24.1 Å². The summed E-state index contributed by atoms with van der Waals surface area (Å²) in [6.45, 7) is 11.1. The SMILES string of the molecule is CC(C)c1ccccc1-c1ncc2c(c1Cc1ccc(Cl)cc1)c(=O)n(CCCOC=O)c(=O)n2C.CCCCn1c(=O)c2c(C(O)c3ccc(Cl)cc3)c(-c3ccccc3C(C)C)ncc2n(C)c1=O.O=CO.[Zn]. The molecule has 4 aromatic heterocycles. The van der Waals surface area contributed by atoms with E-state index in [0.717, 1.165) is 39.8 Å². The van der Waals surface area contributed by atoms with Crippen molar-refractivity contribution in [2.45, 2.75) is 91.3 Å². The van der Waals surface area contributed by atoms with E-state index < -0.39 is 17.4 Å². The van der Waals surface area contributed by atoms with E-state index in [4.69, 9.17) is 47.8 Å². The molecular weight excluding hydrogens is 1050 g/mol. The summed E-state index contributed by atoms with van der Waals surface area (Å²) in [6, 6.07) is 30.3. The molecule has 0 amide bonds. The number of rotatable bonds is 16. The third-order valence-electron chi connectivity index (χ3n) is 12.8. The molecule has 0 aliphatic heterocycles. The molecule has 0 spiro atoms. The Balaban J connectivity index is 0.000000260. The van der Waals surface area contributed by atoms with Crippen LogP contribution in [0.1, 0.15) is 105 Å². The Bertz CT molecular complexity index is 3540. The molecule has 0 radical (unpaired) electrons. The number of hydrogen-bond acceptors (Lipinski definition) is 10. The third kappa shape index (κ3) is 13.2. The minimum absolute atomic E-state index is 0. The molecule has 0 bridgehead atoms. The number of carbonyl (C=O) groups excluding carboxylic acids is 1. The van der Waals surface area contributed by atoms with Crippen LogP contribution in [0.4, 0.5) is 0 Å². The summed E-state index contributed by atoms with van der Waals surface area (Å²) in [4.78, 5) is 82.1. The standard InChI is InChI=1S/C28H28ClN3O4.C28H30ClN3O3.CH2O2.Zn/c1-18(2)21-7-4-5-8-22(21)26-23(15-19-9-11-20(29)12-10-19)25-24(16-30-26)31(3)28(35)32(27(25)34)13-6-14-36-17-33;1-5-6-15-32-27(34)23-22(31(4)28(32)35)16-30-25(21-10-8-7-9-20(21)17(2)3)24(23)26(33)18-11-13-19(29)14-12-18;2-1-3;/h4-5,7-12,16-18H,6,13-15H2,1-3H3;7-14,16-17,26,33H,5-6,15H2,1-4H3;1H,(H,2,3);. The van der Waals surface area contributed by atoms with Crippen molar-refractivity contribution in [1.82, 2.24) is 28.2 Å². The van der Waals surface area contributed by atoms with Gasteiger partial charge in [0.2, 0.25) is 0 Å². The van der Waals surface area contributed by atoms with Gasteiger partial charge in [0.05, 0.1) is 52.2 Å². The molecule has 8 aromatic rings. The third-order valence-corrected chi connectivity index (χ3v) is 13.3. The Morgan fingerprint density at radius 3 is 1.61 bits per heavy atom. The van der Waals surface area contributed by atoms with Gasteiger partial charge in [0, 0.05) is 79.8 Å². The monoisotopic (exact) mass is 1110 g/mol. The van der Waals surface area contributed by atoms with Gasteiger partial charge in [-0.3, -0.25) is 47.4 Å². The summed E-state index contributed by atoms with van der Waals surface area (Å²) in [6.07, 6.45) is 4.35. The number of halogens is 2. The number of carboxylic acid groups (broad SMARTS) is 1. The largest absolute Gasteiger partial charge is 0.483 e. The van der Waals surface area contributed by atoms with Crippen molar-refractivity contribution >= 4 is 58.0 Å². The molecule has 1 unspecified atom stereocenters. The number of pyridine rings is 2. The van der Waals surface area contributed by atoms with E-state index in [0.29, 0.717) is 86.6 Å². The molecule has 75 heavy (non-hydrogen) atoms. The van der Waals surface area contributed by atoms with Gasteiger partial charge in [-0.05, 0) is 76.8 Å². The summed E-state index contributed by atoms with van der Waals surface area (Å²) in [7, 11) is 3.27. The van der Waals surface area contributed by atoms with Gasteiger partial charge in [-0.25, -0.2) is 9.59 Å². The number of ether oxygens (including phenoxy) is 1. The number of aliphatic hydroxyl groups is 1. The zero-order chi connectivity index (χ0) is 53.8. The van der Waals surface area contributed by atoms with Crippen LogP contribution in [0.2, 0.25) is 10.0 Å². The van der Waals surface area contributed by atoms with E-state index in [9.17, 15) is 29.1 Å². The zero-order valence-corrected chi connectivity index (χ0v) is 47.6. The van der Waals surface area contributed by atoms with Crippen molar-refractivity contribution < 1.29 is 44.0 Å². The van der Waals surface area contributed by atoms with Crippen LogP contribution in [0.5, 0.6) is 0 Å². The Morgan fingerprint density at radius 1 is 0.653 bits per heavy atom. The Morgan fingerprint density at radius 2 is 1.11 bits per heavy atom. The first-order valence-corrected chi connectivity index (χ1v) is 25.0. The quantitative estimate of drug-likeness (QED) is 0.0531. The second kappa shape index (κ2) is 27.1. The van der Waals surface area contributed by atoms with E-state index in [1.54, 1.807) is 50.8 Å². The number of carbonyl (C=O) groups is 2. The second-order valence-electron chi connectivity index (χ2n) is 18.2. The first kappa shape index (κ1) is 59.0. The molecule has 0 aliphatic carbocycles. The Hall–Kier alpha value is -6.84. The molecule has 0 saturated carbocycles. The van der Waals surface area contributed by atoms with Gasteiger partial charge < -0.3 is 14.9 Å².